The Kier molecular flexibility index (Phi) is 2.62. The quantitative estimate of drug-likeness (QED) is 0.791. The number of hydrogen-bond acceptors (Lipinski definition) is 4. The first-order valence-corrected chi connectivity index (χ1v) is 4.78. The van der Waals surface area contributed by atoms with E-state index in [2.05, 4.69) is 25.5 Å². The third-order valence-corrected chi connectivity index (χ3v) is 1.99. The molecule has 0 amide bonds. The lowest BCUT2D eigenvalue weighted by Crippen LogP contribution is -2.03. The number of anilines is 1. The van der Waals surface area contributed by atoms with E-state index >= 15 is 0 Å². The summed E-state index contributed by atoms with van der Waals surface area (Å²) in [6.45, 7) is 4.56. The molecule has 0 spiro atoms. The molecule has 0 saturated carbocycles. The van der Waals surface area contributed by atoms with Crippen LogP contribution in [0.5, 0.6) is 0 Å². The molecule has 0 bridgehead atoms. The predicted octanol–water partition coefficient (Wildman–Crippen LogP) is 1.43. The molecule has 0 radical (unpaired) electrons. The number of aromatic amines is 1. The van der Waals surface area contributed by atoms with Gasteiger partial charge >= 0.3 is 0 Å². The maximum atomic E-state index is 4.28. The van der Waals surface area contributed by atoms with Gasteiger partial charge in [-0.1, -0.05) is 0 Å². The first-order chi connectivity index (χ1) is 7.24. The average molecular weight is 203 g/mol. The molecule has 15 heavy (non-hydrogen) atoms. The molecule has 0 fully saturated rings. The molecule has 2 aromatic rings. The topological polar surface area (TPSA) is 66.5 Å². The Morgan fingerprint density at radius 2 is 2.20 bits per heavy atom. The van der Waals surface area contributed by atoms with E-state index in [1.165, 1.54) is 0 Å². The molecular weight excluding hydrogens is 190 g/mol. The number of aryl methyl sites for hydroxylation is 2. The summed E-state index contributed by atoms with van der Waals surface area (Å²) < 4.78 is 0. The highest BCUT2D eigenvalue weighted by atomic mass is 15.1. The lowest BCUT2D eigenvalue weighted by molar-refractivity contribution is 0.992. The molecule has 2 rings (SSSR count). The summed E-state index contributed by atoms with van der Waals surface area (Å²) in [5, 5.41) is 9.86. The van der Waals surface area contributed by atoms with Gasteiger partial charge in [-0.2, -0.15) is 5.10 Å². The Bertz CT molecular complexity index is 415. The molecule has 0 aliphatic rings. The van der Waals surface area contributed by atoms with Crippen LogP contribution < -0.4 is 5.32 Å². The summed E-state index contributed by atoms with van der Waals surface area (Å²) in [4.78, 5) is 8.49. The summed E-state index contributed by atoms with van der Waals surface area (Å²) in [6, 6.07) is 1.92. The monoisotopic (exact) mass is 203 g/mol. The van der Waals surface area contributed by atoms with Crippen LogP contribution in [0.2, 0.25) is 0 Å². The minimum atomic E-state index is 0.715. The van der Waals surface area contributed by atoms with Crippen molar-refractivity contribution in [2.45, 2.75) is 20.4 Å². The average Bonchev–Trinajstić information content (AvgIpc) is 2.65. The Labute approximate surface area is 88.0 Å². The third-order valence-electron chi connectivity index (χ3n) is 1.99. The number of hydrogen-bond donors (Lipinski definition) is 2. The fourth-order valence-electron chi connectivity index (χ4n) is 1.37. The van der Waals surface area contributed by atoms with Gasteiger partial charge in [-0.3, -0.25) is 5.10 Å². The second-order valence-corrected chi connectivity index (χ2v) is 3.40. The number of nitrogens with one attached hydrogen (secondary N) is 2. The van der Waals surface area contributed by atoms with Gasteiger partial charge in [0.1, 0.15) is 11.6 Å². The lowest BCUT2D eigenvalue weighted by Gasteiger charge is -2.05. The van der Waals surface area contributed by atoms with Crippen molar-refractivity contribution in [1.29, 1.82) is 0 Å². The van der Waals surface area contributed by atoms with Gasteiger partial charge in [0.25, 0.3) is 0 Å². The highest BCUT2D eigenvalue weighted by Gasteiger charge is 1.98. The number of H-pyrrole nitrogens is 1. The summed E-state index contributed by atoms with van der Waals surface area (Å²) in [5.41, 5.74) is 2.07. The van der Waals surface area contributed by atoms with Crippen molar-refractivity contribution in [3.8, 4) is 0 Å². The lowest BCUT2D eigenvalue weighted by atomic mass is 10.3. The zero-order valence-electron chi connectivity index (χ0n) is 8.78. The Morgan fingerprint density at radius 3 is 2.87 bits per heavy atom. The molecule has 0 saturated heterocycles. The van der Waals surface area contributed by atoms with Gasteiger partial charge in [0.15, 0.2) is 0 Å². The van der Waals surface area contributed by atoms with E-state index in [-0.39, 0.29) is 0 Å². The van der Waals surface area contributed by atoms with E-state index in [4.69, 9.17) is 0 Å². The smallest absolute Gasteiger partial charge is 0.130 e. The highest BCUT2D eigenvalue weighted by molar-refractivity contribution is 5.36. The number of aromatic nitrogens is 4. The van der Waals surface area contributed by atoms with Crippen molar-refractivity contribution >= 4 is 5.82 Å². The SMILES string of the molecule is Cc1cc(NCc2cn[nH]c2)nc(C)n1. The van der Waals surface area contributed by atoms with Crippen LogP contribution >= 0.6 is 0 Å². The number of nitrogens with zero attached hydrogens (tertiary/aromatic N) is 3. The van der Waals surface area contributed by atoms with Gasteiger partial charge in [0.05, 0.1) is 6.20 Å². The van der Waals surface area contributed by atoms with Gasteiger partial charge in [-0.05, 0) is 13.8 Å². The fourth-order valence-corrected chi connectivity index (χ4v) is 1.37. The van der Waals surface area contributed by atoms with Crippen LogP contribution in [0.4, 0.5) is 5.82 Å². The molecule has 0 aliphatic carbocycles. The molecule has 5 heteroatoms. The Hall–Kier alpha value is -1.91. The molecule has 2 heterocycles. The van der Waals surface area contributed by atoms with Gasteiger partial charge in [0.2, 0.25) is 0 Å². The second kappa shape index (κ2) is 4.08. The first kappa shape index (κ1) is 9.64. The van der Waals surface area contributed by atoms with E-state index in [9.17, 15) is 0 Å². The maximum Gasteiger partial charge on any atom is 0.130 e. The van der Waals surface area contributed by atoms with Crippen molar-refractivity contribution in [2.75, 3.05) is 5.32 Å². The fraction of sp³-hybridized carbons (Fsp3) is 0.300. The van der Waals surface area contributed by atoms with Crippen molar-refractivity contribution < 1.29 is 0 Å². The van der Waals surface area contributed by atoms with Gasteiger partial charge in [-0.15, -0.1) is 0 Å². The zero-order valence-corrected chi connectivity index (χ0v) is 8.78. The molecule has 0 atom stereocenters. The molecular formula is C10H13N5. The summed E-state index contributed by atoms with van der Waals surface area (Å²) >= 11 is 0. The Balaban J connectivity index is 2.05. The van der Waals surface area contributed by atoms with Crippen LogP contribution in [-0.2, 0) is 6.54 Å². The zero-order chi connectivity index (χ0) is 10.7. The molecule has 0 aromatic carbocycles. The summed E-state index contributed by atoms with van der Waals surface area (Å²) in [5.74, 6) is 1.63. The molecule has 0 aliphatic heterocycles. The predicted molar refractivity (Wildman–Crippen MR) is 57.4 cm³/mol. The van der Waals surface area contributed by atoms with Crippen LogP contribution in [0, 0.1) is 13.8 Å². The van der Waals surface area contributed by atoms with Crippen LogP contribution in [0.15, 0.2) is 18.5 Å². The molecule has 2 N–H and O–H groups in total. The second-order valence-electron chi connectivity index (χ2n) is 3.40. The number of rotatable bonds is 3. The van der Waals surface area contributed by atoms with E-state index in [1.54, 1.807) is 6.20 Å². The van der Waals surface area contributed by atoms with Crippen LogP contribution in [0.1, 0.15) is 17.1 Å². The van der Waals surface area contributed by atoms with Crippen LogP contribution in [0.25, 0.3) is 0 Å². The van der Waals surface area contributed by atoms with E-state index in [0.717, 1.165) is 22.9 Å². The first-order valence-electron chi connectivity index (χ1n) is 4.78. The van der Waals surface area contributed by atoms with Crippen molar-refractivity contribution in [2.24, 2.45) is 0 Å². The van der Waals surface area contributed by atoms with Crippen molar-refractivity contribution in [3.05, 3.63) is 35.5 Å². The standard InChI is InChI=1S/C10H13N5/c1-7-3-10(15-8(2)14-7)11-4-9-5-12-13-6-9/h3,5-6H,4H2,1-2H3,(H,12,13)(H,11,14,15). The highest BCUT2D eigenvalue weighted by Crippen LogP contribution is 2.07. The normalized spacial score (nSPS) is 10.3. The molecule has 78 valence electrons. The van der Waals surface area contributed by atoms with E-state index in [1.807, 2.05) is 26.1 Å². The Morgan fingerprint density at radius 1 is 1.33 bits per heavy atom. The third kappa shape index (κ3) is 2.52. The molecule has 0 unspecified atom stereocenters. The maximum absolute atomic E-state index is 4.28. The van der Waals surface area contributed by atoms with Crippen LogP contribution in [0.3, 0.4) is 0 Å². The van der Waals surface area contributed by atoms with Gasteiger partial charge in [0, 0.05) is 30.1 Å². The molecule has 2 aromatic heterocycles. The van der Waals surface area contributed by atoms with Crippen molar-refractivity contribution in [1.82, 2.24) is 20.2 Å². The largest absolute Gasteiger partial charge is 0.366 e. The van der Waals surface area contributed by atoms with Gasteiger partial charge in [-0.25, -0.2) is 9.97 Å². The van der Waals surface area contributed by atoms with Crippen LogP contribution in [-0.4, -0.2) is 20.2 Å². The summed E-state index contributed by atoms with van der Waals surface area (Å²) in [7, 11) is 0. The van der Waals surface area contributed by atoms with Crippen molar-refractivity contribution in [3.63, 3.8) is 0 Å². The minimum Gasteiger partial charge on any atom is -0.366 e. The summed E-state index contributed by atoms with van der Waals surface area (Å²) in [6.07, 6.45) is 3.64. The van der Waals surface area contributed by atoms with Gasteiger partial charge < -0.3 is 5.32 Å². The minimum absolute atomic E-state index is 0.715. The molecule has 5 nitrogen and oxygen atoms in total. The van der Waals surface area contributed by atoms with E-state index in [0.29, 0.717) is 6.54 Å². The van der Waals surface area contributed by atoms with E-state index < -0.39 is 0 Å².